The Bertz CT molecular complexity index is 336. The largest absolute Gasteiger partial charge is 0.491 e. The summed E-state index contributed by atoms with van der Waals surface area (Å²) in [7, 11) is 1.66. The number of hydrogen-bond acceptors (Lipinski definition) is 2. The molecule has 0 aromatic heterocycles. The highest BCUT2D eigenvalue weighted by molar-refractivity contribution is 5.29. The quantitative estimate of drug-likeness (QED) is 0.828. The van der Waals surface area contributed by atoms with Crippen molar-refractivity contribution in [2.75, 3.05) is 13.6 Å². The Morgan fingerprint density at radius 1 is 1.24 bits per heavy atom. The molecule has 0 fully saturated rings. The van der Waals surface area contributed by atoms with Crippen molar-refractivity contribution in [3.05, 3.63) is 29.8 Å². The third-order valence-corrected chi connectivity index (χ3v) is 2.34. The van der Waals surface area contributed by atoms with Gasteiger partial charge in [0.15, 0.2) is 0 Å². The fraction of sp³-hybridized carbons (Fsp3) is 0.538. The average Bonchev–Trinajstić information content (AvgIpc) is 2.26. The molecule has 0 aliphatic rings. The van der Waals surface area contributed by atoms with Gasteiger partial charge in [-0.15, -0.1) is 0 Å². The molecule has 0 amide bonds. The maximum Gasteiger partial charge on any atom is 0.274 e. The zero-order chi connectivity index (χ0) is 12.9. The highest BCUT2D eigenvalue weighted by Crippen LogP contribution is 2.32. The van der Waals surface area contributed by atoms with Gasteiger partial charge < -0.3 is 10.1 Å². The predicted octanol–water partition coefficient (Wildman–Crippen LogP) is 3.18. The first-order valence-corrected chi connectivity index (χ1v) is 5.75. The van der Waals surface area contributed by atoms with Gasteiger partial charge in [0.1, 0.15) is 5.75 Å². The molecule has 0 bridgehead atoms. The van der Waals surface area contributed by atoms with Gasteiger partial charge in [0, 0.05) is 18.5 Å². The lowest BCUT2D eigenvalue weighted by atomic mass is 10.1. The van der Waals surface area contributed by atoms with E-state index in [0.717, 1.165) is 0 Å². The number of rotatable bonds is 6. The van der Waals surface area contributed by atoms with Crippen molar-refractivity contribution >= 4 is 0 Å². The van der Waals surface area contributed by atoms with E-state index in [2.05, 4.69) is 5.32 Å². The van der Waals surface area contributed by atoms with Gasteiger partial charge >= 0.3 is 0 Å². The Morgan fingerprint density at radius 2 is 1.82 bits per heavy atom. The molecule has 0 saturated carbocycles. The number of alkyl halides is 2. The lowest BCUT2D eigenvalue weighted by Gasteiger charge is -2.17. The molecule has 17 heavy (non-hydrogen) atoms. The van der Waals surface area contributed by atoms with Crippen molar-refractivity contribution in [2.45, 2.75) is 32.3 Å². The third-order valence-electron chi connectivity index (χ3n) is 2.34. The van der Waals surface area contributed by atoms with E-state index in [4.69, 9.17) is 4.74 Å². The van der Waals surface area contributed by atoms with Crippen molar-refractivity contribution in [1.29, 1.82) is 0 Å². The minimum absolute atomic E-state index is 0.0313. The van der Waals surface area contributed by atoms with Gasteiger partial charge in [-0.2, -0.15) is 0 Å². The summed E-state index contributed by atoms with van der Waals surface area (Å²) in [5.41, 5.74) is 0.0313. The van der Waals surface area contributed by atoms with Crippen LogP contribution in [0, 0.1) is 0 Å². The van der Waals surface area contributed by atoms with E-state index in [9.17, 15) is 8.78 Å². The van der Waals surface area contributed by atoms with E-state index in [1.165, 1.54) is 12.1 Å². The molecule has 1 aromatic carbocycles. The van der Waals surface area contributed by atoms with Crippen LogP contribution in [0.3, 0.4) is 0 Å². The van der Waals surface area contributed by atoms with Gasteiger partial charge in [-0.1, -0.05) is 0 Å². The normalized spacial score (nSPS) is 11.9. The van der Waals surface area contributed by atoms with Gasteiger partial charge in [-0.25, -0.2) is 8.78 Å². The summed E-state index contributed by atoms with van der Waals surface area (Å²) in [6.07, 6.45) is -0.154. The minimum atomic E-state index is -2.79. The number of benzene rings is 1. The highest BCUT2D eigenvalue weighted by atomic mass is 19.3. The Kier molecular flexibility index (Phi) is 4.87. The lowest BCUT2D eigenvalue weighted by Crippen LogP contribution is -2.20. The van der Waals surface area contributed by atoms with Crippen LogP contribution in [0.4, 0.5) is 8.78 Å². The Morgan fingerprint density at radius 3 is 2.29 bits per heavy atom. The van der Waals surface area contributed by atoms with Crippen LogP contribution in [0.5, 0.6) is 5.75 Å². The molecular weight excluding hydrogens is 224 g/mol. The molecular formula is C13H19F2NO. The lowest BCUT2D eigenvalue weighted by molar-refractivity contribution is -0.0124. The van der Waals surface area contributed by atoms with Crippen molar-refractivity contribution in [2.24, 2.45) is 0 Å². The first kappa shape index (κ1) is 13.9. The molecule has 96 valence electrons. The summed E-state index contributed by atoms with van der Waals surface area (Å²) >= 11 is 0. The van der Waals surface area contributed by atoms with E-state index in [1.807, 2.05) is 13.8 Å². The molecule has 1 aromatic rings. The van der Waals surface area contributed by atoms with Gasteiger partial charge in [0.2, 0.25) is 0 Å². The molecule has 1 N–H and O–H groups in total. The maximum atomic E-state index is 13.7. The van der Waals surface area contributed by atoms with E-state index >= 15 is 0 Å². The third kappa shape index (κ3) is 4.30. The van der Waals surface area contributed by atoms with Crippen LogP contribution in [-0.2, 0) is 5.92 Å². The summed E-state index contributed by atoms with van der Waals surface area (Å²) in [5.74, 6) is -2.17. The fourth-order valence-corrected chi connectivity index (χ4v) is 1.48. The zero-order valence-electron chi connectivity index (χ0n) is 10.5. The highest BCUT2D eigenvalue weighted by Gasteiger charge is 2.30. The average molecular weight is 243 g/mol. The second kappa shape index (κ2) is 5.96. The second-order valence-corrected chi connectivity index (χ2v) is 4.25. The van der Waals surface area contributed by atoms with Crippen LogP contribution < -0.4 is 10.1 Å². The van der Waals surface area contributed by atoms with Crippen molar-refractivity contribution < 1.29 is 13.5 Å². The van der Waals surface area contributed by atoms with Crippen molar-refractivity contribution in [3.8, 4) is 5.75 Å². The predicted molar refractivity (Wildman–Crippen MR) is 64.6 cm³/mol. The van der Waals surface area contributed by atoms with Crippen LogP contribution in [0.25, 0.3) is 0 Å². The Labute approximate surface area is 101 Å². The van der Waals surface area contributed by atoms with Gasteiger partial charge in [-0.05, 0) is 45.2 Å². The van der Waals surface area contributed by atoms with Crippen LogP contribution in [0.1, 0.15) is 25.8 Å². The zero-order valence-corrected chi connectivity index (χ0v) is 10.5. The number of nitrogens with one attached hydrogen (secondary N) is 1. The van der Waals surface area contributed by atoms with Crippen molar-refractivity contribution in [3.63, 3.8) is 0 Å². The van der Waals surface area contributed by atoms with Crippen molar-refractivity contribution in [1.82, 2.24) is 5.32 Å². The first-order chi connectivity index (χ1) is 7.95. The first-order valence-electron chi connectivity index (χ1n) is 5.75. The summed E-state index contributed by atoms with van der Waals surface area (Å²) < 4.78 is 32.7. The number of halogens is 2. The minimum Gasteiger partial charge on any atom is -0.491 e. The number of ether oxygens (including phenoxy) is 1. The smallest absolute Gasteiger partial charge is 0.274 e. The van der Waals surface area contributed by atoms with Gasteiger partial charge in [-0.3, -0.25) is 0 Å². The molecule has 0 spiro atoms. The molecule has 4 heteroatoms. The fourth-order valence-electron chi connectivity index (χ4n) is 1.48. The maximum absolute atomic E-state index is 13.7. The van der Waals surface area contributed by atoms with Gasteiger partial charge in [0.25, 0.3) is 5.92 Å². The van der Waals surface area contributed by atoms with E-state index in [-0.39, 0.29) is 24.6 Å². The molecule has 0 unspecified atom stereocenters. The Hall–Kier alpha value is -1.16. The van der Waals surface area contributed by atoms with E-state index in [0.29, 0.717) is 5.75 Å². The standard InChI is InChI=1S/C13H19F2NO/c1-10(2)17-12-6-4-11(5-7-12)13(14,15)8-9-16-3/h4-7,10,16H,8-9H2,1-3H3. The topological polar surface area (TPSA) is 21.3 Å². The van der Waals surface area contributed by atoms with Crippen LogP contribution in [0.2, 0.25) is 0 Å². The monoisotopic (exact) mass is 243 g/mol. The summed E-state index contributed by atoms with van der Waals surface area (Å²) in [6, 6.07) is 6.02. The molecule has 0 radical (unpaired) electrons. The van der Waals surface area contributed by atoms with Crippen LogP contribution in [-0.4, -0.2) is 19.7 Å². The molecule has 0 atom stereocenters. The molecule has 0 aliphatic heterocycles. The summed E-state index contributed by atoms with van der Waals surface area (Å²) in [4.78, 5) is 0. The van der Waals surface area contributed by atoms with Crippen LogP contribution in [0.15, 0.2) is 24.3 Å². The molecule has 1 rings (SSSR count). The molecule has 2 nitrogen and oxygen atoms in total. The van der Waals surface area contributed by atoms with E-state index in [1.54, 1.807) is 19.2 Å². The summed E-state index contributed by atoms with van der Waals surface area (Å²) in [5, 5.41) is 2.73. The second-order valence-electron chi connectivity index (χ2n) is 4.25. The summed E-state index contributed by atoms with van der Waals surface area (Å²) in [6.45, 7) is 4.09. The van der Waals surface area contributed by atoms with Crippen LogP contribution >= 0.6 is 0 Å². The molecule has 0 heterocycles. The molecule has 0 saturated heterocycles. The van der Waals surface area contributed by atoms with Gasteiger partial charge in [0.05, 0.1) is 6.10 Å². The van der Waals surface area contributed by atoms with E-state index < -0.39 is 5.92 Å². The molecule has 0 aliphatic carbocycles. The number of hydrogen-bond donors (Lipinski definition) is 1. The SMILES string of the molecule is CNCCC(F)(F)c1ccc(OC(C)C)cc1. The Balaban J connectivity index is 2.72.